The summed E-state index contributed by atoms with van der Waals surface area (Å²) in [6.07, 6.45) is 2.69. The smallest absolute Gasteiger partial charge is 0.270 e. The van der Waals surface area contributed by atoms with Crippen LogP contribution in [0.4, 0.5) is 0 Å². The van der Waals surface area contributed by atoms with Gasteiger partial charge < -0.3 is 14.8 Å². The van der Waals surface area contributed by atoms with Crippen LogP contribution in [0.3, 0.4) is 0 Å². The molecule has 0 atom stereocenters. The average Bonchev–Trinajstić information content (AvgIpc) is 2.78. The maximum atomic E-state index is 12.5. The van der Waals surface area contributed by atoms with Gasteiger partial charge in [-0.05, 0) is 35.3 Å². The molecule has 0 saturated heterocycles. The van der Waals surface area contributed by atoms with Crippen LogP contribution in [0.1, 0.15) is 30.8 Å². The Morgan fingerprint density at radius 2 is 2.11 bits per heavy atom. The fourth-order valence-corrected chi connectivity index (χ4v) is 2.32. The molecule has 0 fully saturated rings. The molecule has 0 unspecified atom stereocenters. The quantitative estimate of drug-likeness (QED) is 0.866. The van der Waals surface area contributed by atoms with Gasteiger partial charge in [0.2, 0.25) is 5.91 Å². The molecule has 1 rings (SSSR count). The van der Waals surface area contributed by atoms with Crippen LogP contribution in [0.15, 0.2) is 16.7 Å². The first-order valence-corrected chi connectivity index (χ1v) is 7.18. The van der Waals surface area contributed by atoms with E-state index in [0.717, 1.165) is 10.9 Å². The highest BCUT2D eigenvalue weighted by atomic mass is 79.9. The van der Waals surface area contributed by atoms with Gasteiger partial charge in [0, 0.05) is 30.8 Å². The van der Waals surface area contributed by atoms with Gasteiger partial charge in [-0.2, -0.15) is 0 Å². The number of amides is 2. The standard InChI is InChI=1S/C13H20BrN3O2/c1-4-6-17(9-12(18)15-3)13(19)11-7-10(14)8-16(11)5-2/h7-8H,4-6,9H2,1-3H3,(H,15,18). The Balaban J connectivity index is 2.94. The predicted molar refractivity (Wildman–Crippen MR) is 78.1 cm³/mol. The van der Waals surface area contributed by atoms with E-state index in [2.05, 4.69) is 21.2 Å². The highest BCUT2D eigenvalue weighted by molar-refractivity contribution is 9.10. The first-order chi connectivity index (χ1) is 9.03. The third-order valence-electron chi connectivity index (χ3n) is 2.82. The van der Waals surface area contributed by atoms with E-state index in [1.165, 1.54) is 0 Å². The van der Waals surface area contributed by atoms with E-state index in [-0.39, 0.29) is 18.4 Å². The molecule has 1 N–H and O–H groups in total. The van der Waals surface area contributed by atoms with Crippen LogP contribution in [0, 0.1) is 0 Å². The van der Waals surface area contributed by atoms with Gasteiger partial charge in [0.05, 0.1) is 6.54 Å². The second-order valence-corrected chi connectivity index (χ2v) is 5.15. The average molecular weight is 330 g/mol. The van der Waals surface area contributed by atoms with E-state index in [1.54, 1.807) is 18.0 Å². The number of halogens is 1. The number of rotatable bonds is 6. The van der Waals surface area contributed by atoms with Gasteiger partial charge in [-0.25, -0.2) is 0 Å². The molecule has 5 nitrogen and oxygen atoms in total. The zero-order valence-corrected chi connectivity index (χ0v) is 13.2. The molecule has 0 aromatic carbocycles. The third kappa shape index (κ3) is 4.09. The van der Waals surface area contributed by atoms with E-state index in [4.69, 9.17) is 0 Å². The number of carbonyl (C=O) groups excluding carboxylic acids is 2. The molecular formula is C13H20BrN3O2. The van der Waals surface area contributed by atoms with Crippen molar-refractivity contribution < 1.29 is 9.59 Å². The van der Waals surface area contributed by atoms with Crippen LogP contribution in [-0.4, -0.2) is 41.4 Å². The monoisotopic (exact) mass is 329 g/mol. The molecule has 0 aliphatic heterocycles. The summed E-state index contributed by atoms with van der Waals surface area (Å²) in [5, 5.41) is 2.55. The topological polar surface area (TPSA) is 54.3 Å². The lowest BCUT2D eigenvalue weighted by Crippen LogP contribution is -2.40. The second-order valence-electron chi connectivity index (χ2n) is 4.23. The number of likely N-dealkylation sites (N-methyl/N-ethyl adjacent to an activating group) is 1. The van der Waals surface area contributed by atoms with Crippen molar-refractivity contribution in [2.24, 2.45) is 0 Å². The largest absolute Gasteiger partial charge is 0.358 e. The first-order valence-electron chi connectivity index (χ1n) is 6.39. The lowest BCUT2D eigenvalue weighted by atomic mass is 10.3. The van der Waals surface area contributed by atoms with Crippen LogP contribution >= 0.6 is 15.9 Å². The zero-order chi connectivity index (χ0) is 14.4. The number of hydrogen-bond acceptors (Lipinski definition) is 2. The summed E-state index contributed by atoms with van der Waals surface area (Å²) in [4.78, 5) is 25.5. The fraction of sp³-hybridized carbons (Fsp3) is 0.538. The van der Waals surface area contributed by atoms with Crippen molar-refractivity contribution in [3.05, 3.63) is 22.4 Å². The van der Waals surface area contributed by atoms with Crippen LogP contribution in [0.2, 0.25) is 0 Å². The minimum Gasteiger partial charge on any atom is -0.358 e. The molecule has 0 aliphatic rings. The minimum atomic E-state index is -0.157. The van der Waals surface area contributed by atoms with E-state index >= 15 is 0 Å². The van der Waals surface area contributed by atoms with Crippen molar-refractivity contribution in [3.8, 4) is 0 Å². The molecular weight excluding hydrogens is 310 g/mol. The van der Waals surface area contributed by atoms with Gasteiger partial charge in [0.25, 0.3) is 5.91 Å². The van der Waals surface area contributed by atoms with Crippen molar-refractivity contribution in [2.75, 3.05) is 20.1 Å². The Morgan fingerprint density at radius 3 is 2.63 bits per heavy atom. The maximum absolute atomic E-state index is 12.5. The number of nitrogens with one attached hydrogen (secondary N) is 1. The number of hydrogen-bond donors (Lipinski definition) is 1. The lowest BCUT2D eigenvalue weighted by molar-refractivity contribution is -0.121. The summed E-state index contributed by atoms with van der Waals surface area (Å²) in [5.41, 5.74) is 0.603. The normalized spacial score (nSPS) is 10.3. The van der Waals surface area contributed by atoms with Crippen LogP contribution < -0.4 is 5.32 Å². The zero-order valence-electron chi connectivity index (χ0n) is 11.6. The molecule has 1 heterocycles. The minimum absolute atomic E-state index is 0.0929. The first kappa shape index (κ1) is 15.8. The Kier molecular flexibility index (Phi) is 6.08. The number of aryl methyl sites for hydroxylation is 1. The van der Waals surface area contributed by atoms with Crippen LogP contribution in [0.25, 0.3) is 0 Å². The summed E-state index contributed by atoms with van der Waals surface area (Å²) >= 11 is 3.37. The molecule has 0 saturated carbocycles. The van der Waals surface area contributed by atoms with Crippen molar-refractivity contribution in [2.45, 2.75) is 26.8 Å². The van der Waals surface area contributed by atoms with E-state index in [1.807, 2.05) is 24.6 Å². The van der Waals surface area contributed by atoms with E-state index < -0.39 is 0 Å². The third-order valence-corrected chi connectivity index (χ3v) is 3.25. The van der Waals surface area contributed by atoms with Gasteiger partial charge in [-0.1, -0.05) is 6.92 Å². The maximum Gasteiger partial charge on any atom is 0.270 e. The second kappa shape index (κ2) is 7.33. The van der Waals surface area contributed by atoms with Gasteiger partial charge in [-0.3, -0.25) is 9.59 Å². The molecule has 1 aromatic heterocycles. The SMILES string of the molecule is CCCN(CC(=O)NC)C(=O)c1cc(Br)cn1CC. The van der Waals surface area contributed by atoms with Crippen molar-refractivity contribution in [1.29, 1.82) is 0 Å². The molecule has 1 aromatic rings. The van der Waals surface area contributed by atoms with Crippen LogP contribution in [-0.2, 0) is 11.3 Å². The highest BCUT2D eigenvalue weighted by Gasteiger charge is 2.20. The van der Waals surface area contributed by atoms with Gasteiger partial charge >= 0.3 is 0 Å². The van der Waals surface area contributed by atoms with Gasteiger partial charge in [0.15, 0.2) is 0 Å². The Hall–Kier alpha value is -1.30. The molecule has 106 valence electrons. The van der Waals surface area contributed by atoms with E-state index in [9.17, 15) is 9.59 Å². The Bertz CT molecular complexity index is 457. The molecule has 0 radical (unpaired) electrons. The summed E-state index contributed by atoms with van der Waals surface area (Å²) in [6.45, 7) is 5.34. The molecule has 19 heavy (non-hydrogen) atoms. The number of nitrogens with zero attached hydrogens (tertiary/aromatic N) is 2. The van der Waals surface area contributed by atoms with Gasteiger partial charge in [0.1, 0.15) is 5.69 Å². The molecule has 0 spiro atoms. The summed E-state index contributed by atoms with van der Waals surface area (Å²) in [7, 11) is 1.57. The lowest BCUT2D eigenvalue weighted by Gasteiger charge is -2.21. The van der Waals surface area contributed by atoms with E-state index in [0.29, 0.717) is 18.8 Å². The molecule has 6 heteroatoms. The molecule has 0 bridgehead atoms. The number of carbonyl (C=O) groups is 2. The summed E-state index contributed by atoms with van der Waals surface area (Å²) in [6, 6.07) is 1.79. The predicted octanol–water partition coefficient (Wildman–Crippen LogP) is 1.87. The van der Waals surface area contributed by atoms with Gasteiger partial charge in [-0.15, -0.1) is 0 Å². The van der Waals surface area contributed by atoms with Crippen LogP contribution in [0.5, 0.6) is 0 Å². The fourth-order valence-electron chi connectivity index (χ4n) is 1.85. The Morgan fingerprint density at radius 1 is 1.42 bits per heavy atom. The molecule has 0 aliphatic carbocycles. The Labute approximate surface area is 122 Å². The number of aromatic nitrogens is 1. The summed E-state index contributed by atoms with van der Waals surface area (Å²) in [5.74, 6) is -0.270. The summed E-state index contributed by atoms with van der Waals surface area (Å²) < 4.78 is 2.74. The van der Waals surface area contributed by atoms with Crippen molar-refractivity contribution in [3.63, 3.8) is 0 Å². The van der Waals surface area contributed by atoms with Crippen molar-refractivity contribution in [1.82, 2.24) is 14.8 Å². The van der Waals surface area contributed by atoms with Crippen molar-refractivity contribution >= 4 is 27.7 Å². The molecule has 2 amide bonds. The highest BCUT2D eigenvalue weighted by Crippen LogP contribution is 2.17.